The number of nitrogens with zero attached hydrogens (tertiary/aromatic N) is 5. The van der Waals surface area contributed by atoms with E-state index in [1.165, 1.54) is 18.2 Å². The number of H-pyrrole nitrogens is 1. The van der Waals surface area contributed by atoms with E-state index < -0.39 is 23.7 Å². The average Bonchev–Trinajstić information content (AvgIpc) is 3.62. The van der Waals surface area contributed by atoms with Gasteiger partial charge in [-0.05, 0) is 44.0 Å². The molecule has 5 rings (SSSR count). The Bertz CT molecular complexity index is 1700. The molecule has 0 radical (unpaired) electrons. The topological polar surface area (TPSA) is 155 Å². The number of aromatic carboxylic acids is 1. The monoisotopic (exact) mass is 627 g/mol. The number of imidazole rings is 1. The second-order valence-electron chi connectivity index (χ2n) is 11.0. The number of amides is 1. The van der Waals surface area contributed by atoms with Crippen LogP contribution < -0.4 is 15.0 Å². The summed E-state index contributed by atoms with van der Waals surface area (Å²) >= 11 is 0. The number of hydrogen-bond acceptors (Lipinski definition) is 9. The summed E-state index contributed by atoms with van der Waals surface area (Å²) < 4.78 is 52.3. The van der Waals surface area contributed by atoms with Gasteiger partial charge in [0, 0.05) is 43.9 Å². The lowest BCUT2D eigenvalue weighted by Crippen LogP contribution is -2.37. The molecular weight excluding hydrogens is 595 g/mol. The number of carbonyl (C=O) groups excluding carboxylic acids is 1. The van der Waals surface area contributed by atoms with Crippen molar-refractivity contribution in [3.05, 3.63) is 53.5 Å². The number of alkyl halides is 3. The highest BCUT2D eigenvalue weighted by atomic mass is 19.4. The number of nitrogens with one attached hydrogen (secondary N) is 2. The van der Waals surface area contributed by atoms with Crippen molar-refractivity contribution >= 4 is 34.7 Å². The lowest BCUT2D eigenvalue weighted by atomic mass is 9.86. The zero-order chi connectivity index (χ0) is 32.4. The number of hydrogen-bond donors (Lipinski definition) is 3. The van der Waals surface area contributed by atoms with Crippen molar-refractivity contribution in [3.63, 3.8) is 0 Å². The third-order valence-electron chi connectivity index (χ3n) is 7.69. The summed E-state index contributed by atoms with van der Waals surface area (Å²) in [5.74, 6) is -2.01. The molecule has 4 aromatic rings. The molecule has 0 bridgehead atoms. The number of aromatic nitrogens is 5. The summed E-state index contributed by atoms with van der Waals surface area (Å²) in [6, 6.07) is 6.49. The van der Waals surface area contributed by atoms with Crippen LogP contribution in [0.1, 0.15) is 59.1 Å². The molecule has 45 heavy (non-hydrogen) atoms. The van der Waals surface area contributed by atoms with Crippen molar-refractivity contribution in [1.82, 2.24) is 24.9 Å². The van der Waals surface area contributed by atoms with Gasteiger partial charge in [0.15, 0.2) is 5.65 Å². The summed E-state index contributed by atoms with van der Waals surface area (Å²) in [6.45, 7) is 2.90. The van der Waals surface area contributed by atoms with E-state index in [9.17, 15) is 22.8 Å². The molecular formula is C30H32F3N7O5. The molecule has 12 nitrogen and oxygen atoms in total. The van der Waals surface area contributed by atoms with Gasteiger partial charge in [-0.25, -0.2) is 14.8 Å². The summed E-state index contributed by atoms with van der Waals surface area (Å²) in [7, 11) is 3.54. The first-order valence-corrected chi connectivity index (χ1v) is 14.3. The fraction of sp³-hybridized carbons (Fsp3) is 0.400. The van der Waals surface area contributed by atoms with Crippen molar-refractivity contribution in [2.24, 2.45) is 5.41 Å². The molecule has 4 heterocycles. The number of carboxylic acids is 1. The fourth-order valence-corrected chi connectivity index (χ4v) is 5.69. The number of aromatic amines is 1. The van der Waals surface area contributed by atoms with E-state index in [0.29, 0.717) is 24.4 Å². The molecule has 3 N–H and O–H groups in total. The van der Waals surface area contributed by atoms with Crippen molar-refractivity contribution in [3.8, 4) is 17.1 Å². The number of anilines is 2. The first-order chi connectivity index (χ1) is 21.4. The van der Waals surface area contributed by atoms with E-state index in [2.05, 4.69) is 30.2 Å². The van der Waals surface area contributed by atoms with E-state index in [4.69, 9.17) is 14.6 Å². The number of halogens is 3. The van der Waals surface area contributed by atoms with E-state index >= 15 is 0 Å². The van der Waals surface area contributed by atoms with Gasteiger partial charge >= 0.3 is 12.1 Å². The lowest BCUT2D eigenvalue weighted by molar-refractivity contribution is -0.141. The lowest BCUT2D eigenvalue weighted by Gasteiger charge is -2.34. The summed E-state index contributed by atoms with van der Waals surface area (Å²) in [4.78, 5) is 45.6. The first-order valence-electron chi connectivity index (χ1n) is 14.3. The van der Waals surface area contributed by atoms with E-state index in [-0.39, 0.29) is 52.0 Å². The molecule has 1 fully saturated rings. The van der Waals surface area contributed by atoms with Crippen LogP contribution in [-0.2, 0) is 10.9 Å². The van der Waals surface area contributed by atoms with Gasteiger partial charge in [0.25, 0.3) is 5.91 Å². The Labute approximate surface area is 256 Å². The number of methoxy groups -OCH3 is 1. The smallest absolute Gasteiger partial charge is 0.433 e. The maximum Gasteiger partial charge on any atom is 0.433 e. The van der Waals surface area contributed by atoms with Crippen LogP contribution in [0.2, 0.25) is 0 Å². The summed E-state index contributed by atoms with van der Waals surface area (Å²) in [5.41, 5.74) is 0.147. The van der Waals surface area contributed by atoms with Crippen LogP contribution in [0, 0.1) is 5.41 Å². The predicted octanol–water partition coefficient (Wildman–Crippen LogP) is 5.43. The van der Waals surface area contributed by atoms with Crippen molar-refractivity contribution in [2.45, 2.75) is 38.8 Å². The third kappa shape index (κ3) is 6.98. The van der Waals surface area contributed by atoms with Gasteiger partial charge < -0.3 is 24.5 Å². The molecule has 0 saturated heterocycles. The highest BCUT2D eigenvalue weighted by Crippen LogP contribution is 2.41. The Hall–Kier alpha value is -4.79. The van der Waals surface area contributed by atoms with Gasteiger partial charge in [0.1, 0.15) is 16.9 Å². The third-order valence-corrected chi connectivity index (χ3v) is 7.69. The number of fused-ring (bicyclic) bond motifs is 1. The predicted molar refractivity (Wildman–Crippen MR) is 158 cm³/mol. The van der Waals surface area contributed by atoms with Crippen LogP contribution in [0.3, 0.4) is 0 Å². The molecule has 0 spiro atoms. The van der Waals surface area contributed by atoms with Gasteiger partial charge in [0.2, 0.25) is 11.8 Å². The van der Waals surface area contributed by atoms with Gasteiger partial charge in [-0.2, -0.15) is 18.2 Å². The van der Waals surface area contributed by atoms with Crippen LogP contribution in [0.25, 0.3) is 22.4 Å². The number of rotatable bonds is 11. The van der Waals surface area contributed by atoms with Crippen LogP contribution in [0.15, 0.2) is 36.5 Å². The highest BCUT2D eigenvalue weighted by Gasteiger charge is 2.36. The Morgan fingerprint density at radius 1 is 1.13 bits per heavy atom. The molecule has 4 aromatic heterocycles. The van der Waals surface area contributed by atoms with E-state index in [1.807, 2.05) is 11.9 Å². The van der Waals surface area contributed by atoms with Gasteiger partial charge in [-0.3, -0.25) is 15.1 Å². The van der Waals surface area contributed by atoms with Gasteiger partial charge in [0.05, 0.1) is 30.2 Å². The van der Waals surface area contributed by atoms with Crippen LogP contribution in [0.5, 0.6) is 5.88 Å². The maximum atomic E-state index is 13.8. The van der Waals surface area contributed by atoms with Crippen LogP contribution in [0.4, 0.5) is 24.8 Å². The normalized spacial score (nSPS) is 14.4. The molecule has 0 unspecified atom stereocenters. The summed E-state index contributed by atoms with van der Waals surface area (Å²) in [5, 5.41) is 11.7. The standard InChI is InChI=1S/C30H32F3N7O5/c1-4-45-23-12-18(11-22(36-23)30(31,32)33)20-13-21(40(2)15-29(16-44-3)9-5-6-10-29)24-25(35-20)38-28(37-24)39-26(41)19-8-7-17(14-34-19)27(42)43/h7-8,11-14H,4-6,9-10,15-16H2,1-3H3,(H,42,43)(H2,35,37,38,39,41). The molecule has 238 valence electrons. The molecule has 1 saturated carbocycles. The quantitative estimate of drug-likeness (QED) is 0.196. The fourth-order valence-electron chi connectivity index (χ4n) is 5.69. The highest BCUT2D eigenvalue weighted by molar-refractivity contribution is 6.03. The molecule has 0 aliphatic heterocycles. The van der Waals surface area contributed by atoms with Gasteiger partial charge in [-0.1, -0.05) is 12.8 Å². The molecule has 15 heteroatoms. The Morgan fingerprint density at radius 2 is 1.89 bits per heavy atom. The van der Waals surface area contributed by atoms with E-state index in [0.717, 1.165) is 37.9 Å². The van der Waals surface area contributed by atoms with Crippen molar-refractivity contribution in [2.75, 3.05) is 44.1 Å². The second kappa shape index (κ2) is 12.7. The molecule has 0 aromatic carbocycles. The number of ether oxygens (including phenoxy) is 2. The zero-order valence-corrected chi connectivity index (χ0v) is 24.9. The molecule has 1 aliphatic carbocycles. The minimum absolute atomic E-state index is 0.0200. The maximum absolute atomic E-state index is 13.8. The minimum Gasteiger partial charge on any atom is -0.478 e. The second-order valence-corrected chi connectivity index (χ2v) is 11.0. The number of pyridine rings is 3. The van der Waals surface area contributed by atoms with Crippen molar-refractivity contribution < 1.29 is 37.3 Å². The summed E-state index contributed by atoms with van der Waals surface area (Å²) in [6.07, 6.45) is 0.389. The molecule has 0 atom stereocenters. The van der Waals surface area contributed by atoms with Crippen molar-refractivity contribution in [1.29, 1.82) is 0 Å². The molecule has 1 amide bonds. The van der Waals surface area contributed by atoms with Crippen LogP contribution >= 0.6 is 0 Å². The minimum atomic E-state index is -4.72. The Kier molecular flexibility index (Phi) is 8.91. The Balaban J connectivity index is 1.58. The van der Waals surface area contributed by atoms with Crippen LogP contribution in [-0.4, -0.2) is 75.8 Å². The average molecular weight is 628 g/mol. The Morgan fingerprint density at radius 3 is 2.51 bits per heavy atom. The SMILES string of the molecule is CCOc1cc(-c2cc(N(C)CC3(COC)CCCC3)c3[nH]c(NC(=O)c4ccc(C(=O)O)cn4)nc3n2)cc(C(F)(F)F)n1. The van der Waals surface area contributed by atoms with E-state index in [1.54, 1.807) is 20.1 Å². The number of carboxylic acid groups (broad SMARTS) is 1. The largest absolute Gasteiger partial charge is 0.478 e. The zero-order valence-electron chi connectivity index (χ0n) is 24.9. The number of carbonyl (C=O) groups is 2. The molecule has 1 aliphatic rings. The first kappa shape index (κ1) is 31.6. The van der Waals surface area contributed by atoms with Gasteiger partial charge in [-0.15, -0.1) is 0 Å².